The SMILES string of the molecule is Cc1ccc(-c2nnc(NC3CCC(C)(C)OC3)c3cnccc23)c(O)c1. The fourth-order valence-corrected chi connectivity index (χ4v) is 3.46. The number of nitrogens with one attached hydrogen (secondary N) is 1. The van der Waals surface area contributed by atoms with E-state index in [0.717, 1.165) is 29.2 Å². The monoisotopic (exact) mass is 364 g/mol. The Morgan fingerprint density at radius 1 is 1.19 bits per heavy atom. The first-order valence-electron chi connectivity index (χ1n) is 9.24. The van der Waals surface area contributed by atoms with Gasteiger partial charge in [-0.05, 0) is 57.4 Å². The fraction of sp³-hybridized carbons (Fsp3) is 0.381. The van der Waals surface area contributed by atoms with Crippen LogP contribution in [0.3, 0.4) is 0 Å². The van der Waals surface area contributed by atoms with Gasteiger partial charge in [0.15, 0.2) is 5.82 Å². The summed E-state index contributed by atoms with van der Waals surface area (Å²) in [7, 11) is 0. The lowest BCUT2D eigenvalue weighted by Gasteiger charge is -2.35. The molecule has 2 N–H and O–H groups in total. The number of rotatable bonds is 3. The molecule has 0 saturated carbocycles. The zero-order chi connectivity index (χ0) is 19.0. The van der Waals surface area contributed by atoms with Gasteiger partial charge >= 0.3 is 0 Å². The van der Waals surface area contributed by atoms with Crippen LogP contribution < -0.4 is 5.32 Å². The molecular weight excluding hydrogens is 340 g/mol. The number of phenols is 1. The highest BCUT2D eigenvalue weighted by Gasteiger charge is 2.28. The molecule has 6 nitrogen and oxygen atoms in total. The lowest BCUT2D eigenvalue weighted by Crippen LogP contribution is -2.40. The molecule has 1 aromatic carbocycles. The number of phenolic OH excluding ortho intramolecular Hbond substituents is 1. The second-order valence-corrected chi connectivity index (χ2v) is 7.79. The summed E-state index contributed by atoms with van der Waals surface area (Å²) in [5.74, 6) is 0.896. The molecular formula is C21H24N4O2. The van der Waals surface area contributed by atoms with Crippen LogP contribution in [0, 0.1) is 6.92 Å². The van der Waals surface area contributed by atoms with Crippen molar-refractivity contribution in [2.24, 2.45) is 0 Å². The number of aromatic nitrogens is 3. The summed E-state index contributed by atoms with van der Waals surface area (Å²) in [5.41, 5.74) is 2.24. The summed E-state index contributed by atoms with van der Waals surface area (Å²) in [6.07, 6.45) is 5.52. The van der Waals surface area contributed by atoms with Crippen LogP contribution in [0.5, 0.6) is 5.75 Å². The molecule has 1 atom stereocenters. The molecule has 3 aromatic rings. The number of aryl methyl sites for hydroxylation is 1. The van der Waals surface area contributed by atoms with Gasteiger partial charge in [0.05, 0.1) is 18.2 Å². The molecule has 1 aliphatic rings. The van der Waals surface area contributed by atoms with Crippen molar-refractivity contribution in [3.05, 3.63) is 42.2 Å². The molecule has 1 aliphatic heterocycles. The van der Waals surface area contributed by atoms with Gasteiger partial charge in [-0.3, -0.25) is 4.98 Å². The maximum Gasteiger partial charge on any atom is 0.158 e. The van der Waals surface area contributed by atoms with Crippen molar-refractivity contribution < 1.29 is 9.84 Å². The van der Waals surface area contributed by atoms with Crippen LogP contribution in [0.2, 0.25) is 0 Å². The topological polar surface area (TPSA) is 80.2 Å². The van der Waals surface area contributed by atoms with Crippen molar-refractivity contribution in [1.82, 2.24) is 15.2 Å². The largest absolute Gasteiger partial charge is 0.507 e. The Balaban J connectivity index is 1.71. The lowest BCUT2D eigenvalue weighted by atomic mass is 9.95. The smallest absolute Gasteiger partial charge is 0.158 e. The molecule has 2 aromatic heterocycles. The molecule has 140 valence electrons. The number of fused-ring (bicyclic) bond motifs is 1. The normalized spacial score (nSPS) is 19.1. The summed E-state index contributed by atoms with van der Waals surface area (Å²) in [6.45, 7) is 6.81. The molecule has 3 heterocycles. The highest BCUT2D eigenvalue weighted by molar-refractivity contribution is 6.00. The predicted molar refractivity (Wildman–Crippen MR) is 106 cm³/mol. The van der Waals surface area contributed by atoms with Gasteiger partial charge in [0.1, 0.15) is 11.4 Å². The number of benzene rings is 1. The maximum absolute atomic E-state index is 10.4. The van der Waals surface area contributed by atoms with E-state index in [0.29, 0.717) is 23.7 Å². The Morgan fingerprint density at radius 3 is 2.78 bits per heavy atom. The van der Waals surface area contributed by atoms with Crippen LogP contribution in [0.4, 0.5) is 5.82 Å². The molecule has 0 bridgehead atoms. The molecule has 0 amide bonds. The summed E-state index contributed by atoms with van der Waals surface area (Å²) in [6, 6.07) is 7.66. The van der Waals surface area contributed by atoms with Gasteiger partial charge in [-0.25, -0.2) is 0 Å². The van der Waals surface area contributed by atoms with Crippen molar-refractivity contribution in [2.75, 3.05) is 11.9 Å². The van der Waals surface area contributed by atoms with Gasteiger partial charge in [0.25, 0.3) is 0 Å². The molecule has 6 heteroatoms. The van der Waals surface area contributed by atoms with Crippen LogP contribution in [0.1, 0.15) is 32.3 Å². The first-order chi connectivity index (χ1) is 12.9. The zero-order valence-electron chi connectivity index (χ0n) is 15.9. The van der Waals surface area contributed by atoms with Crippen molar-refractivity contribution in [2.45, 2.75) is 45.3 Å². The van der Waals surface area contributed by atoms with Gasteiger partial charge in [-0.1, -0.05) is 6.07 Å². The van der Waals surface area contributed by atoms with E-state index in [1.165, 1.54) is 0 Å². The van der Waals surface area contributed by atoms with Crippen molar-refractivity contribution >= 4 is 16.6 Å². The van der Waals surface area contributed by atoms with Crippen molar-refractivity contribution in [1.29, 1.82) is 0 Å². The molecule has 1 unspecified atom stereocenters. The first kappa shape index (κ1) is 17.7. The Bertz CT molecular complexity index is 977. The van der Waals surface area contributed by atoms with Gasteiger partial charge in [-0.2, -0.15) is 0 Å². The van der Waals surface area contributed by atoms with Gasteiger partial charge in [-0.15, -0.1) is 10.2 Å². The minimum Gasteiger partial charge on any atom is -0.507 e. The molecule has 4 rings (SSSR count). The Hall–Kier alpha value is -2.73. The minimum atomic E-state index is -0.0691. The number of anilines is 1. The number of hydrogen-bond acceptors (Lipinski definition) is 6. The lowest BCUT2D eigenvalue weighted by molar-refractivity contribution is -0.0563. The second kappa shape index (κ2) is 6.78. The third kappa shape index (κ3) is 3.57. The molecule has 0 aliphatic carbocycles. The van der Waals surface area contributed by atoms with E-state index in [1.54, 1.807) is 18.5 Å². The van der Waals surface area contributed by atoms with Crippen LogP contribution in [0.25, 0.3) is 22.0 Å². The van der Waals surface area contributed by atoms with E-state index in [9.17, 15) is 5.11 Å². The average molecular weight is 364 g/mol. The van der Waals surface area contributed by atoms with Crippen LogP contribution in [0.15, 0.2) is 36.7 Å². The van der Waals surface area contributed by atoms with Crippen molar-refractivity contribution in [3.63, 3.8) is 0 Å². The minimum absolute atomic E-state index is 0.0691. The number of nitrogens with zero attached hydrogens (tertiary/aromatic N) is 3. The number of hydrogen-bond donors (Lipinski definition) is 2. The van der Waals surface area contributed by atoms with Gasteiger partial charge in [0.2, 0.25) is 0 Å². The molecule has 27 heavy (non-hydrogen) atoms. The second-order valence-electron chi connectivity index (χ2n) is 7.79. The van der Waals surface area contributed by atoms with E-state index in [2.05, 4.69) is 34.3 Å². The number of ether oxygens (including phenoxy) is 1. The average Bonchev–Trinajstić information content (AvgIpc) is 2.64. The predicted octanol–water partition coefficient (Wildman–Crippen LogP) is 4.08. The Labute approximate surface area is 158 Å². The van der Waals surface area contributed by atoms with E-state index in [4.69, 9.17) is 4.74 Å². The summed E-state index contributed by atoms with van der Waals surface area (Å²) in [5, 5.41) is 24.4. The zero-order valence-corrected chi connectivity index (χ0v) is 15.9. The van der Waals surface area contributed by atoms with E-state index in [-0.39, 0.29) is 17.4 Å². The van der Waals surface area contributed by atoms with Crippen LogP contribution in [-0.2, 0) is 4.74 Å². The van der Waals surface area contributed by atoms with Crippen molar-refractivity contribution in [3.8, 4) is 17.0 Å². The standard InChI is InChI=1S/C21H24N4O2/c1-13-4-5-16(18(26)10-13)19-15-7-9-22-11-17(15)20(25-24-19)23-14-6-8-21(2,3)27-12-14/h4-5,7,9-11,14,26H,6,8,12H2,1-3H3,(H,23,25). The fourth-order valence-electron chi connectivity index (χ4n) is 3.46. The summed E-state index contributed by atoms with van der Waals surface area (Å²) in [4.78, 5) is 4.26. The van der Waals surface area contributed by atoms with Crippen LogP contribution >= 0.6 is 0 Å². The summed E-state index contributed by atoms with van der Waals surface area (Å²) >= 11 is 0. The quantitative estimate of drug-likeness (QED) is 0.729. The van der Waals surface area contributed by atoms with E-state index >= 15 is 0 Å². The third-order valence-electron chi connectivity index (χ3n) is 5.10. The molecule has 1 fully saturated rings. The highest BCUT2D eigenvalue weighted by Crippen LogP contribution is 2.35. The van der Waals surface area contributed by atoms with E-state index < -0.39 is 0 Å². The van der Waals surface area contributed by atoms with Crippen LogP contribution in [-0.4, -0.2) is 38.5 Å². The number of pyridine rings is 1. The number of aromatic hydroxyl groups is 1. The first-order valence-corrected chi connectivity index (χ1v) is 9.24. The van der Waals surface area contributed by atoms with Gasteiger partial charge in [0, 0.05) is 28.7 Å². The third-order valence-corrected chi connectivity index (χ3v) is 5.10. The summed E-state index contributed by atoms with van der Waals surface area (Å²) < 4.78 is 5.92. The Morgan fingerprint density at radius 2 is 2.04 bits per heavy atom. The van der Waals surface area contributed by atoms with E-state index in [1.807, 2.05) is 25.1 Å². The highest BCUT2D eigenvalue weighted by atomic mass is 16.5. The molecule has 0 radical (unpaired) electrons. The molecule has 1 saturated heterocycles. The maximum atomic E-state index is 10.4. The Kier molecular flexibility index (Phi) is 4.44. The molecule has 0 spiro atoms. The van der Waals surface area contributed by atoms with Gasteiger partial charge < -0.3 is 15.2 Å².